The first-order valence-electron chi connectivity index (χ1n) is 9.14. The zero-order chi connectivity index (χ0) is 18.5. The first-order valence-corrected chi connectivity index (χ1v) is 9.14. The van der Waals surface area contributed by atoms with Crippen LogP contribution in [0.5, 0.6) is 5.75 Å². The lowest BCUT2D eigenvalue weighted by molar-refractivity contribution is -0.131. The average molecular weight is 358 g/mol. The normalized spacial score (nSPS) is 13.8. The monoisotopic (exact) mass is 358 g/mol. The van der Waals surface area contributed by atoms with Gasteiger partial charge < -0.3 is 9.64 Å². The Kier molecular flexibility index (Phi) is 5.75. The smallest absolute Gasteiger partial charge is 0.346 e. The Balaban J connectivity index is 1.54. The Bertz CT molecular complexity index is 824. The number of aromatic nitrogens is 3. The van der Waals surface area contributed by atoms with Crippen LogP contribution in [0.15, 0.2) is 29.1 Å². The zero-order valence-electron chi connectivity index (χ0n) is 15.5. The quantitative estimate of drug-likeness (QED) is 0.787. The van der Waals surface area contributed by atoms with Crippen molar-refractivity contribution < 1.29 is 9.53 Å². The number of carbonyl (C=O) groups excluding carboxylic acids is 1. The Morgan fingerprint density at radius 2 is 2.15 bits per heavy atom. The second-order valence-corrected chi connectivity index (χ2v) is 6.80. The molecule has 0 bridgehead atoms. The van der Waals surface area contributed by atoms with Crippen molar-refractivity contribution >= 4 is 5.91 Å². The van der Waals surface area contributed by atoms with Gasteiger partial charge in [0.25, 0.3) is 0 Å². The van der Waals surface area contributed by atoms with E-state index in [1.165, 1.54) is 4.68 Å². The molecule has 1 amide bonds. The molecule has 0 aliphatic carbocycles. The average Bonchev–Trinajstić information content (AvgIpc) is 2.78. The van der Waals surface area contributed by atoms with E-state index in [4.69, 9.17) is 4.74 Å². The summed E-state index contributed by atoms with van der Waals surface area (Å²) in [6.45, 7) is 3.53. The molecule has 1 aromatic heterocycles. The molecule has 1 aliphatic heterocycles. The molecule has 2 heterocycles. The number of aryl methyl sites for hydroxylation is 2. The highest BCUT2D eigenvalue weighted by atomic mass is 16.5. The summed E-state index contributed by atoms with van der Waals surface area (Å²) in [5.74, 6) is 1.44. The SMILES string of the molecule is Cc1cccc(OCCN(C)C(=O)Cn2nc3n(c2=O)CCCCC3)c1. The summed E-state index contributed by atoms with van der Waals surface area (Å²) in [6, 6.07) is 7.80. The third-order valence-electron chi connectivity index (χ3n) is 4.68. The lowest BCUT2D eigenvalue weighted by Gasteiger charge is -2.17. The minimum Gasteiger partial charge on any atom is -0.492 e. The predicted octanol–water partition coefficient (Wildman–Crippen LogP) is 1.62. The van der Waals surface area contributed by atoms with Crippen LogP contribution in [-0.4, -0.2) is 45.4 Å². The second kappa shape index (κ2) is 8.21. The Hall–Kier alpha value is -2.57. The predicted molar refractivity (Wildman–Crippen MR) is 98.4 cm³/mol. The van der Waals surface area contributed by atoms with Gasteiger partial charge in [0.15, 0.2) is 0 Å². The fourth-order valence-electron chi connectivity index (χ4n) is 3.11. The molecule has 0 atom stereocenters. The van der Waals surface area contributed by atoms with E-state index in [1.807, 2.05) is 31.2 Å². The molecule has 0 saturated carbocycles. The van der Waals surface area contributed by atoms with Crippen LogP contribution in [0.25, 0.3) is 0 Å². The van der Waals surface area contributed by atoms with Gasteiger partial charge in [-0.25, -0.2) is 9.48 Å². The maximum absolute atomic E-state index is 12.4. The summed E-state index contributed by atoms with van der Waals surface area (Å²) < 4.78 is 8.68. The van der Waals surface area contributed by atoms with Crippen molar-refractivity contribution in [2.75, 3.05) is 20.2 Å². The van der Waals surface area contributed by atoms with Crippen molar-refractivity contribution in [3.8, 4) is 5.75 Å². The van der Waals surface area contributed by atoms with Gasteiger partial charge >= 0.3 is 5.69 Å². The van der Waals surface area contributed by atoms with Gasteiger partial charge in [-0.3, -0.25) is 9.36 Å². The van der Waals surface area contributed by atoms with Crippen LogP contribution in [0.4, 0.5) is 0 Å². The highest BCUT2D eigenvalue weighted by Crippen LogP contribution is 2.12. The number of hydrogen-bond donors (Lipinski definition) is 0. The van der Waals surface area contributed by atoms with Gasteiger partial charge in [-0.05, 0) is 37.5 Å². The molecule has 1 aliphatic rings. The van der Waals surface area contributed by atoms with Crippen molar-refractivity contribution in [1.82, 2.24) is 19.2 Å². The second-order valence-electron chi connectivity index (χ2n) is 6.80. The molecule has 7 heteroatoms. The molecular formula is C19H26N4O3. The van der Waals surface area contributed by atoms with Crippen LogP contribution in [0, 0.1) is 6.92 Å². The number of carbonyl (C=O) groups is 1. The maximum Gasteiger partial charge on any atom is 0.346 e. The number of rotatable bonds is 6. The van der Waals surface area contributed by atoms with Crippen molar-refractivity contribution in [2.45, 2.75) is 45.7 Å². The van der Waals surface area contributed by atoms with E-state index in [1.54, 1.807) is 16.5 Å². The fraction of sp³-hybridized carbons (Fsp3) is 0.526. The topological polar surface area (TPSA) is 69.4 Å². The third-order valence-corrected chi connectivity index (χ3v) is 4.68. The summed E-state index contributed by atoms with van der Waals surface area (Å²) in [7, 11) is 1.72. The van der Waals surface area contributed by atoms with Gasteiger partial charge in [-0.2, -0.15) is 5.10 Å². The highest BCUT2D eigenvalue weighted by molar-refractivity contribution is 5.75. The maximum atomic E-state index is 12.4. The molecule has 2 aromatic rings. The number of likely N-dealkylation sites (N-methyl/N-ethyl adjacent to an activating group) is 1. The summed E-state index contributed by atoms with van der Waals surface area (Å²) in [6.07, 6.45) is 3.95. The number of hydrogen-bond acceptors (Lipinski definition) is 4. The van der Waals surface area contributed by atoms with Gasteiger partial charge in [-0.1, -0.05) is 18.6 Å². The number of fused-ring (bicyclic) bond motifs is 1. The largest absolute Gasteiger partial charge is 0.492 e. The summed E-state index contributed by atoms with van der Waals surface area (Å²) in [5.41, 5.74) is 0.950. The molecule has 140 valence electrons. The molecule has 3 rings (SSSR count). The van der Waals surface area contributed by atoms with Crippen molar-refractivity contribution in [3.05, 3.63) is 46.1 Å². The molecular weight excluding hydrogens is 332 g/mol. The molecule has 1 aromatic carbocycles. The third kappa shape index (κ3) is 4.33. The number of ether oxygens (including phenoxy) is 1. The first kappa shape index (κ1) is 18.2. The summed E-state index contributed by atoms with van der Waals surface area (Å²) >= 11 is 0. The Labute approximate surface area is 153 Å². The van der Waals surface area contributed by atoms with Crippen LogP contribution in [0.1, 0.15) is 30.7 Å². The van der Waals surface area contributed by atoms with E-state index in [-0.39, 0.29) is 18.1 Å². The van der Waals surface area contributed by atoms with Crippen LogP contribution >= 0.6 is 0 Å². The van der Waals surface area contributed by atoms with E-state index in [0.29, 0.717) is 19.7 Å². The van der Waals surface area contributed by atoms with Gasteiger partial charge in [0, 0.05) is 20.0 Å². The number of benzene rings is 1. The van der Waals surface area contributed by atoms with E-state index in [9.17, 15) is 9.59 Å². The molecule has 0 fully saturated rings. The van der Waals surface area contributed by atoms with Crippen LogP contribution in [0.2, 0.25) is 0 Å². The molecule has 0 unspecified atom stereocenters. The molecule has 26 heavy (non-hydrogen) atoms. The van der Waals surface area contributed by atoms with Crippen LogP contribution < -0.4 is 10.4 Å². The Morgan fingerprint density at radius 3 is 2.96 bits per heavy atom. The van der Waals surface area contributed by atoms with Crippen molar-refractivity contribution in [3.63, 3.8) is 0 Å². The van der Waals surface area contributed by atoms with Gasteiger partial charge in [-0.15, -0.1) is 0 Å². The number of nitrogens with zero attached hydrogens (tertiary/aromatic N) is 4. The van der Waals surface area contributed by atoms with E-state index in [0.717, 1.165) is 42.8 Å². The van der Waals surface area contributed by atoms with Crippen molar-refractivity contribution in [1.29, 1.82) is 0 Å². The van der Waals surface area contributed by atoms with E-state index >= 15 is 0 Å². The summed E-state index contributed by atoms with van der Waals surface area (Å²) in [4.78, 5) is 26.4. The minimum atomic E-state index is -0.181. The van der Waals surface area contributed by atoms with Crippen molar-refractivity contribution in [2.24, 2.45) is 0 Å². The van der Waals surface area contributed by atoms with Gasteiger partial charge in [0.1, 0.15) is 24.7 Å². The van der Waals surface area contributed by atoms with Gasteiger partial charge in [0.05, 0.1) is 6.54 Å². The van der Waals surface area contributed by atoms with Gasteiger partial charge in [0.2, 0.25) is 5.91 Å². The fourth-order valence-corrected chi connectivity index (χ4v) is 3.11. The molecule has 0 radical (unpaired) electrons. The lowest BCUT2D eigenvalue weighted by atomic mass is 10.2. The molecule has 7 nitrogen and oxygen atoms in total. The number of amides is 1. The first-order chi connectivity index (χ1) is 12.5. The summed E-state index contributed by atoms with van der Waals surface area (Å²) in [5, 5.41) is 4.36. The van der Waals surface area contributed by atoms with Crippen LogP contribution in [0.3, 0.4) is 0 Å². The lowest BCUT2D eigenvalue weighted by Crippen LogP contribution is -2.37. The van der Waals surface area contributed by atoms with Crippen LogP contribution in [-0.2, 0) is 24.3 Å². The zero-order valence-corrected chi connectivity index (χ0v) is 15.5. The van der Waals surface area contributed by atoms with E-state index in [2.05, 4.69) is 5.10 Å². The molecule has 0 spiro atoms. The highest BCUT2D eigenvalue weighted by Gasteiger charge is 2.18. The minimum absolute atomic E-state index is 0.0280. The molecule has 0 saturated heterocycles. The Morgan fingerprint density at radius 1 is 1.31 bits per heavy atom. The van der Waals surface area contributed by atoms with E-state index < -0.39 is 0 Å². The molecule has 0 N–H and O–H groups in total. The standard InChI is InChI=1S/C19H26N4O3/c1-15-7-6-8-16(13-15)26-12-11-21(2)18(24)14-23-19(25)22-10-5-3-4-9-17(22)20-23/h6-8,13H,3-5,9-12,14H2,1-2H3.